The van der Waals surface area contributed by atoms with Crippen molar-refractivity contribution >= 4 is 5.91 Å². The maximum absolute atomic E-state index is 13.4. The van der Waals surface area contributed by atoms with Gasteiger partial charge in [-0.05, 0) is 5.56 Å². The van der Waals surface area contributed by atoms with Crippen LogP contribution in [0.4, 0.5) is 0 Å². The van der Waals surface area contributed by atoms with Crippen molar-refractivity contribution < 1.29 is 4.79 Å². The summed E-state index contributed by atoms with van der Waals surface area (Å²) in [6, 6.07) is 10.5. The van der Waals surface area contributed by atoms with Crippen molar-refractivity contribution in [3.63, 3.8) is 0 Å². The maximum Gasteiger partial charge on any atom is 0.231 e. The molecule has 2 fully saturated rings. The molecule has 0 aliphatic carbocycles. The molecule has 1 aromatic heterocycles. The molecule has 6 nitrogen and oxygen atoms in total. The molecule has 1 amide bonds. The van der Waals surface area contributed by atoms with Gasteiger partial charge in [-0.15, -0.1) is 0 Å². The van der Waals surface area contributed by atoms with E-state index in [1.165, 1.54) is 5.56 Å². The van der Waals surface area contributed by atoms with Crippen molar-refractivity contribution in [2.75, 3.05) is 33.2 Å². The zero-order valence-electron chi connectivity index (χ0n) is 15.1. The van der Waals surface area contributed by atoms with Gasteiger partial charge in [-0.3, -0.25) is 19.7 Å². The molecule has 0 saturated carbocycles. The van der Waals surface area contributed by atoms with Crippen LogP contribution in [0.15, 0.2) is 48.9 Å². The molecule has 136 valence electrons. The number of aromatic nitrogens is 2. The first-order valence-electron chi connectivity index (χ1n) is 9.15. The highest BCUT2D eigenvalue weighted by Gasteiger charge is 2.55. The fourth-order valence-corrected chi connectivity index (χ4v) is 4.40. The molecule has 0 bridgehead atoms. The summed E-state index contributed by atoms with van der Waals surface area (Å²) < 4.78 is 0. The predicted octanol–water partition coefficient (Wildman–Crippen LogP) is 1.16. The van der Waals surface area contributed by atoms with Crippen LogP contribution in [0.5, 0.6) is 0 Å². The Kier molecular flexibility index (Phi) is 4.70. The van der Waals surface area contributed by atoms with E-state index >= 15 is 0 Å². The molecule has 1 N–H and O–H groups in total. The number of rotatable bonds is 5. The van der Waals surface area contributed by atoms with Crippen molar-refractivity contribution in [3.05, 3.63) is 60.2 Å². The predicted molar refractivity (Wildman–Crippen MR) is 99.0 cm³/mol. The highest BCUT2D eigenvalue weighted by atomic mass is 16.2. The van der Waals surface area contributed by atoms with E-state index in [-0.39, 0.29) is 11.3 Å². The number of fused-ring (bicyclic) bond motifs is 1. The zero-order valence-corrected chi connectivity index (χ0v) is 15.1. The lowest BCUT2D eigenvalue weighted by atomic mass is 9.79. The number of likely N-dealkylation sites (tertiary alicyclic amines) is 1. The van der Waals surface area contributed by atoms with Gasteiger partial charge < -0.3 is 10.2 Å². The van der Waals surface area contributed by atoms with Gasteiger partial charge in [-0.25, -0.2) is 0 Å². The third-order valence-corrected chi connectivity index (χ3v) is 5.63. The van der Waals surface area contributed by atoms with Crippen LogP contribution < -0.4 is 5.32 Å². The Balaban J connectivity index is 1.47. The van der Waals surface area contributed by atoms with Crippen LogP contribution in [-0.2, 0) is 17.9 Å². The third kappa shape index (κ3) is 3.22. The fourth-order valence-electron chi connectivity index (χ4n) is 4.40. The van der Waals surface area contributed by atoms with Gasteiger partial charge in [0.1, 0.15) is 0 Å². The molecule has 4 rings (SSSR count). The molecule has 2 aromatic rings. The van der Waals surface area contributed by atoms with Gasteiger partial charge in [0.15, 0.2) is 0 Å². The lowest BCUT2D eigenvalue weighted by molar-refractivity contribution is -0.141. The van der Waals surface area contributed by atoms with E-state index in [2.05, 4.69) is 44.5 Å². The number of nitrogens with zero attached hydrogens (tertiary/aromatic N) is 4. The minimum atomic E-state index is -0.328. The van der Waals surface area contributed by atoms with Gasteiger partial charge >= 0.3 is 0 Å². The number of amides is 1. The average molecular weight is 351 g/mol. The normalized spacial score (nSPS) is 25.2. The molecule has 0 spiro atoms. The molecule has 2 atom stereocenters. The van der Waals surface area contributed by atoms with E-state index in [9.17, 15) is 4.79 Å². The van der Waals surface area contributed by atoms with Crippen LogP contribution in [0, 0.1) is 11.3 Å². The SMILES string of the molecule is CN(Cc1cnccn1)C(=O)[C@]12CNC[C@H]1CN(Cc1ccccc1)C2. The largest absolute Gasteiger partial charge is 0.339 e. The standard InChI is InChI=1S/C20H25N5O/c1-24(13-18-10-21-7-8-23-18)19(26)20-14-22-9-17(20)12-25(15-20)11-16-5-3-2-4-6-16/h2-8,10,17,22H,9,11-15H2,1H3/t17-,20-/m0/s1. The van der Waals surface area contributed by atoms with E-state index in [0.717, 1.165) is 38.4 Å². The first-order valence-corrected chi connectivity index (χ1v) is 9.15. The molecular weight excluding hydrogens is 326 g/mol. The van der Waals surface area contributed by atoms with Crippen LogP contribution in [0.25, 0.3) is 0 Å². The number of nitrogens with one attached hydrogen (secondary N) is 1. The Morgan fingerprint density at radius 3 is 2.96 bits per heavy atom. The average Bonchev–Trinajstić information content (AvgIpc) is 3.20. The second-order valence-electron chi connectivity index (χ2n) is 7.50. The minimum Gasteiger partial charge on any atom is -0.339 e. The summed E-state index contributed by atoms with van der Waals surface area (Å²) in [5.41, 5.74) is 1.79. The molecule has 0 radical (unpaired) electrons. The number of carbonyl (C=O) groups is 1. The lowest BCUT2D eigenvalue weighted by Gasteiger charge is -2.31. The van der Waals surface area contributed by atoms with Crippen LogP contribution in [-0.4, -0.2) is 58.9 Å². The fraction of sp³-hybridized carbons (Fsp3) is 0.450. The first kappa shape index (κ1) is 17.1. The van der Waals surface area contributed by atoms with Crippen molar-refractivity contribution in [3.8, 4) is 0 Å². The smallest absolute Gasteiger partial charge is 0.231 e. The molecule has 2 saturated heterocycles. The Bertz CT molecular complexity index is 753. The summed E-state index contributed by atoms with van der Waals surface area (Å²) in [6.07, 6.45) is 5.05. The second kappa shape index (κ2) is 7.13. The second-order valence-corrected chi connectivity index (χ2v) is 7.50. The van der Waals surface area contributed by atoms with Crippen LogP contribution in [0.2, 0.25) is 0 Å². The number of carbonyl (C=O) groups excluding carboxylic acids is 1. The van der Waals surface area contributed by atoms with E-state index in [4.69, 9.17) is 0 Å². The summed E-state index contributed by atoms with van der Waals surface area (Å²) in [4.78, 5) is 26.0. The maximum atomic E-state index is 13.4. The summed E-state index contributed by atoms with van der Waals surface area (Å²) in [7, 11) is 1.88. The van der Waals surface area contributed by atoms with Gasteiger partial charge in [0.05, 0.1) is 23.9 Å². The molecule has 1 aromatic carbocycles. The van der Waals surface area contributed by atoms with E-state index in [0.29, 0.717) is 12.5 Å². The Labute approximate surface area is 154 Å². The van der Waals surface area contributed by atoms with E-state index in [1.807, 2.05) is 18.0 Å². The minimum absolute atomic E-state index is 0.216. The monoisotopic (exact) mass is 351 g/mol. The van der Waals surface area contributed by atoms with E-state index in [1.54, 1.807) is 18.6 Å². The Hall–Kier alpha value is -2.31. The van der Waals surface area contributed by atoms with Crippen molar-refractivity contribution in [1.29, 1.82) is 0 Å². The van der Waals surface area contributed by atoms with E-state index < -0.39 is 0 Å². The first-order chi connectivity index (χ1) is 12.7. The topological polar surface area (TPSA) is 61.4 Å². The van der Waals surface area contributed by atoms with Gasteiger partial charge in [-0.2, -0.15) is 0 Å². The summed E-state index contributed by atoms with van der Waals surface area (Å²) in [5.74, 6) is 0.580. The zero-order chi connectivity index (χ0) is 18.0. The summed E-state index contributed by atoms with van der Waals surface area (Å²) >= 11 is 0. The number of hydrogen-bond donors (Lipinski definition) is 1. The molecule has 2 aliphatic heterocycles. The molecule has 2 aliphatic rings. The number of hydrogen-bond acceptors (Lipinski definition) is 5. The Morgan fingerprint density at radius 1 is 1.35 bits per heavy atom. The van der Waals surface area contributed by atoms with Gasteiger partial charge in [0, 0.05) is 58.1 Å². The summed E-state index contributed by atoms with van der Waals surface area (Å²) in [5, 5.41) is 3.45. The van der Waals surface area contributed by atoms with Crippen molar-refractivity contribution in [1.82, 2.24) is 25.1 Å². The number of benzene rings is 1. The lowest BCUT2D eigenvalue weighted by Crippen LogP contribution is -2.47. The van der Waals surface area contributed by atoms with Crippen molar-refractivity contribution in [2.24, 2.45) is 11.3 Å². The van der Waals surface area contributed by atoms with Crippen LogP contribution in [0.3, 0.4) is 0 Å². The van der Waals surface area contributed by atoms with Gasteiger partial charge in [0.2, 0.25) is 5.91 Å². The quantitative estimate of drug-likeness (QED) is 0.876. The molecule has 26 heavy (non-hydrogen) atoms. The molecule has 3 heterocycles. The highest BCUT2D eigenvalue weighted by molar-refractivity contribution is 5.84. The summed E-state index contributed by atoms with van der Waals surface area (Å²) in [6.45, 7) is 4.85. The molecular formula is C20H25N5O. The highest BCUT2D eigenvalue weighted by Crippen LogP contribution is 2.41. The van der Waals surface area contributed by atoms with Crippen LogP contribution >= 0.6 is 0 Å². The van der Waals surface area contributed by atoms with Crippen molar-refractivity contribution in [2.45, 2.75) is 13.1 Å². The van der Waals surface area contributed by atoms with Gasteiger partial charge in [-0.1, -0.05) is 30.3 Å². The molecule has 0 unspecified atom stereocenters. The third-order valence-electron chi connectivity index (χ3n) is 5.63. The Morgan fingerprint density at radius 2 is 2.19 bits per heavy atom. The van der Waals surface area contributed by atoms with Gasteiger partial charge in [0.25, 0.3) is 0 Å². The van der Waals surface area contributed by atoms with Crippen LogP contribution in [0.1, 0.15) is 11.3 Å². The molecule has 6 heteroatoms.